The van der Waals surface area contributed by atoms with E-state index >= 15 is 0 Å². The average molecular weight is 432 g/mol. The van der Waals surface area contributed by atoms with E-state index in [9.17, 15) is 9.59 Å². The van der Waals surface area contributed by atoms with E-state index in [4.69, 9.17) is 9.47 Å². The smallest absolute Gasteiger partial charge is 0.254 e. The van der Waals surface area contributed by atoms with Crippen molar-refractivity contribution in [2.75, 3.05) is 32.8 Å². The summed E-state index contributed by atoms with van der Waals surface area (Å²) in [5.74, 6) is 0.391. The fourth-order valence-corrected chi connectivity index (χ4v) is 4.32. The summed E-state index contributed by atoms with van der Waals surface area (Å²) in [6.07, 6.45) is 5.18. The lowest BCUT2D eigenvalue weighted by Crippen LogP contribution is -2.51. The zero-order chi connectivity index (χ0) is 21.9. The number of amides is 2. The largest absolute Gasteiger partial charge is 0.487 e. The Bertz CT molecular complexity index is 1120. The van der Waals surface area contributed by atoms with Crippen LogP contribution in [0.4, 0.5) is 0 Å². The molecule has 32 heavy (non-hydrogen) atoms. The first kappa shape index (κ1) is 20.4. The van der Waals surface area contributed by atoms with Gasteiger partial charge in [0.1, 0.15) is 17.9 Å². The Kier molecular flexibility index (Phi) is 5.68. The van der Waals surface area contributed by atoms with Crippen LogP contribution in [0.25, 0.3) is 10.9 Å². The van der Waals surface area contributed by atoms with Gasteiger partial charge in [0.25, 0.3) is 5.91 Å². The summed E-state index contributed by atoms with van der Waals surface area (Å²) in [5.41, 5.74) is 1.36. The quantitative estimate of drug-likeness (QED) is 0.628. The van der Waals surface area contributed by atoms with E-state index in [0.29, 0.717) is 50.6 Å². The third kappa shape index (κ3) is 4.13. The van der Waals surface area contributed by atoms with Gasteiger partial charge in [-0.25, -0.2) is 0 Å². The maximum atomic E-state index is 13.5. The number of pyridine rings is 2. The summed E-state index contributed by atoms with van der Waals surface area (Å²) in [6, 6.07) is 12.2. The molecular weight excluding hydrogens is 408 g/mol. The normalized spacial score (nSPS) is 21.0. The van der Waals surface area contributed by atoms with Crippen molar-refractivity contribution >= 4 is 22.7 Å². The number of aromatic nitrogens is 2. The summed E-state index contributed by atoms with van der Waals surface area (Å²) in [4.78, 5) is 38.7. The van der Waals surface area contributed by atoms with Crippen molar-refractivity contribution in [3.63, 3.8) is 0 Å². The molecule has 2 amide bonds. The van der Waals surface area contributed by atoms with Crippen molar-refractivity contribution in [1.82, 2.24) is 19.8 Å². The van der Waals surface area contributed by atoms with Crippen LogP contribution in [0, 0.1) is 0 Å². The van der Waals surface area contributed by atoms with Crippen LogP contribution in [0.1, 0.15) is 16.8 Å². The Morgan fingerprint density at radius 3 is 2.72 bits per heavy atom. The SMILES string of the molecule is O=C([C@@H]1C[C@H](Oc2cccnc2)CN1C(=O)c1ccc2ncccc2c1)N1CCOCC1. The summed E-state index contributed by atoms with van der Waals surface area (Å²) < 4.78 is 11.5. The molecule has 5 rings (SSSR count). The van der Waals surface area contributed by atoms with Gasteiger partial charge in [0.05, 0.1) is 31.5 Å². The van der Waals surface area contributed by atoms with Crippen molar-refractivity contribution in [3.8, 4) is 5.75 Å². The van der Waals surface area contributed by atoms with Crippen LogP contribution in [-0.2, 0) is 9.53 Å². The number of hydrogen-bond donors (Lipinski definition) is 0. The monoisotopic (exact) mass is 432 g/mol. The highest BCUT2D eigenvalue weighted by atomic mass is 16.5. The van der Waals surface area contributed by atoms with Crippen LogP contribution in [0.5, 0.6) is 5.75 Å². The number of likely N-dealkylation sites (tertiary alicyclic amines) is 1. The van der Waals surface area contributed by atoms with Crippen molar-refractivity contribution < 1.29 is 19.1 Å². The molecule has 164 valence electrons. The summed E-state index contributed by atoms with van der Waals surface area (Å²) in [6.45, 7) is 2.43. The van der Waals surface area contributed by atoms with Gasteiger partial charge in [0.15, 0.2) is 0 Å². The predicted molar refractivity (Wildman–Crippen MR) is 117 cm³/mol. The molecule has 0 bridgehead atoms. The van der Waals surface area contributed by atoms with Crippen LogP contribution in [0.2, 0.25) is 0 Å². The lowest BCUT2D eigenvalue weighted by Gasteiger charge is -2.32. The standard InChI is InChI=1S/C24H24N4O4/c29-23(18-5-6-21-17(13-18)3-1-8-26-21)28-16-20(32-19-4-2-7-25-15-19)14-22(28)24(30)27-9-11-31-12-10-27/h1-8,13,15,20,22H,9-12,14,16H2/t20-,22-/m0/s1. The number of nitrogens with zero attached hydrogens (tertiary/aromatic N) is 4. The van der Waals surface area contributed by atoms with Crippen LogP contribution < -0.4 is 4.74 Å². The molecule has 8 nitrogen and oxygen atoms in total. The second-order valence-electron chi connectivity index (χ2n) is 7.99. The minimum atomic E-state index is -0.577. The minimum absolute atomic E-state index is 0.0543. The van der Waals surface area contributed by atoms with E-state index in [-0.39, 0.29) is 17.9 Å². The van der Waals surface area contributed by atoms with E-state index in [1.807, 2.05) is 30.3 Å². The van der Waals surface area contributed by atoms with Crippen LogP contribution >= 0.6 is 0 Å². The Morgan fingerprint density at radius 2 is 1.91 bits per heavy atom. The molecule has 2 saturated heterocycles. The maximum Gasteiger partial charge on any atom is 0.254 e. The highest BCUT2D eigenvalue weighted by Gasteiger charge is 2.43. The summed E-state index contributed by atoms with van der Waals surface area (Å²) in [5, 5.41) is 0.886. The zero-order valence-corrected chi connectivity index (χ0v) is 17.6. The predicted octanol–water partition coefficient (Wildman–Crippen LogP) is 2.15. The Labute approximate surface area is 185 Å². The van der Waals surface area contributed by atoms with Crippen molar-refractivity contribution in [3.05, 3.63) is 66.6 Å². The molecule has 2 aliphatic heterocycles. The second kappa shape index (κ2) is 8.92. The van der Waals surface area contributed by atoms with Gasteiger partial charge in [-0.15, -0.1) is 0 Å². The second-order valence-corrected chi connectivity index (χ2v) is 7.99. The summed E-state index contributed by atoms with van der Waals surface area (Å²) >= 11 is 0. The van der Waals surface area contributed by atoms with E-state index in [0.717, 1.165) is 10.9 Å². The van der Waals surface area contributed by atoms with Gasteiger partial charge in [-0.3, -0.25) is 19.6 Å². The van der Waals surface area contributed by atoms with Crippen molar-refractivity contribution in [2.24, 2.45) is 0 Å². The maximum absolute atomic E-state index is 13.5. The molecule has 0 spiro atoms. The molecule has 2 aliphatic rings. The Morgan fingerprint density at radius 1 is 1.06 bits per heavy atom. The van der Waals surface area contributed by atoms with Gasteiger partial charge in [-0.2, -0.15) is 0 Å². The van der Waals surface area contributed by atoms with E-state index in [1.165, 1.54) is 0 Å². The first-order valence-corrected chi connectivity index (χ1v) is 10.8. The highest BCUT2D eigenvalue weighted by Crippen LogP contribution is 2.27. The molecule has 2 atom stereocenters. The number of carbonyl (C=O) groups excluding carboxylic acids is 2. The topological polar surface area (TPSA) is 84.9 Å². The number of hydrogen-bond acceptors (Lipinski definition) is 6. The van der Waals surface area contributed by atoms with Crippen molar-refractivity contribution in [2.45, 2.75) is 18.6 Å². The number of ether oxygens (including phenoxy) is 2. The molecule has 0 radical (unpaired) electrons. The highest BCUT2D eigenvalue weighted by molar-refractivity contribution is 6.00. The summed E-state index contributed by atoms with van der Waals surface area (Å²) in [7, 11) is 0. The molecule has 0 saturated carbocycles. The van der Waals surface area contributed by atoms with Gasteiger partial charge in [-0.1, -0.05) is 6.07 Å². The molecule has 0 unspecified atom stereocenters. The molecule has 1 aromatic carbocycles. The van der Waals surface area contributed by atoms with Crippen LogP contribution in [0.3, 0.4) is 0 Å². The third-order valence-corrected chi connectivity index (χ3v) is 5.92. The van der Waals surface area contributed by atoms with Gasteiger partial charge in [0.2, 0.25) is 5.91 Å². The van der Waals surface area contributed by atoms with Gasteiger partial charge < -0.3 is 19.3 Å². The molecule has 8 heteroatoms. The van der Waals surface area contributed by atoms with E-state index < -0.39 is 6.04 Å². The Hall–Kier alpha value is -3.52. The first-order valence-electron chi connectivity index (χ1n) is 10.8. The van der Waals surface area contributed by atoms with E-state index in [2.05, 4.69) is 9.97 Å². The van der Waals surface area contributed by atoms with Crippen LogP contribution in [-0.4, -0.2) is 76.6 Å². The van der Waals surface area contributed by atoms with Crippen LogP contribution in [0.15, 0.2) is 61.1 Å². The fraction of sp³-hybridized carbons (Fsp3) is 0.333. The molecule has 3 aromatic rings. The average Bonchev–Trinajstić information content (AvgIpc) is 3.27. The minimum Gasteiger partial charge on any atom is -0.487 e. The first-order chi connectivity index (χ1) is 15.7. The molecule has 0 N–H and O–H groups in total. The number of morpholine rings is 1. The molecular formula is C24H24N4O4. The Balaban J connectivity index is 1.41. The molecule has 4 heterocycles. The zero-order valence-electron chi connectivity index (χ0n) is 17.6. The number of rotatable bonds is 4. The van der Waals surface area contributed by atoms with Gasteiger partial charge in [-0.05, 0) is 36.4 Å². The number of carbonyl (C=O) groups is 2. The van der Waals surface area contributed by atoms with Gasteiger partial charge >= 0.3 is 0 Å². The molecule has 2 aromatic heterocycles. The third-order valence-electron chi connectivity index (χ3n) is 5.92. The lowest BCUT2D eigenvalue weighted by atomic mass is 10.1. The van der Waals surface area contributed by atoms with Gasteiger partial charge in [0, 0.05) is 42.9 Å². The number of fused-ring (bicyclic) bond motifs is 1. The number of benzene rings is 1. The fourth-order valence-electron chi connectivity index (χ4n) is 4.32. The lowest BCUT2D eigenvalue weighted by molar-refractivity contribution is -0.139. The molecule has 2 fully saturated rings. The van der Waals surface area contributed by atoms with Crippen molar-refractivity contribution in [1.29, 1.82) is 0 Å². The van der Waals surface area contributed by atoms with E-state index in [1.54, 1.807) is 40.5 Å². The molecule has 0 aliphatic carbocycles.